The largest absolute Gasteiger partial charge is 0.357 e. The van der Waals surface area contributed by atoms with Crippen molar-refractivity contribution in [3.05, 3.63) is 35.4 Å². The SMILES string of the molecule is CCNC(=NCCCCC(C)(C)C)NCCc1cccc(C(=O)N(C)C)c1. The van der Waals surface area contributed by atoms with Crippen molar-refractivity contribution >= 4 is 11.9 Å². The Morgan fingerprint density at radius 3 is 2.52 bits per heavy atom. The molecule has 5 nitrogen and oxygen atoms in total. The maximum absolute atomic E-state index is 12.1. The lowest BCUT2D eigenvalue weighted by atomic mass is 9.90. The Kier molecular flexibility index (Phi) is 9.90. The van der Waals surface area contributed by atoms with Gasteiger partial charge in [-0.3, -0.25) is 9.79 Å². The van der Waals surface area contributed by atoms with Crippen LogP contribution in [-0.4, -0.2) is 50.5 Å². The third-order valence-electron chi connectivity index (χ3n) is 4.24. The maximum Gasteiger partial charge on any atom is 0.253 e. The number of hydrogen-bond donors (Lipinski definition) is 2. The first-order chi connectivity index (χ1) is 12.7. The summed E-state index contributed by atoms with van der Waals surface area (Å²) in [6.45, 7) is 11.4. The third-order valence-corrected chi connectivity index (χ3v) is 4.24. The van der Waals surface area contributed by atoms with Crippen LogP contribution in [0.2, 0.25) is 0 Å². The Balaban J connectivity index is 2.47. The van der Waals surface area contributed by atoms with E-state index in [1.54, 1.807) is 19.0 Å². The standard InChI is InChI=1S/C22H38N4O/c1-7-23-21(24-15-9-8-14-22(2,3)4)25-16-13-18-11-10-12-19(17-18)20(27)26(5)6/h10-12,17H,7-9,13-16H2,1-6H3,(H2,23,24,25). The first-order valence-electron chi connectivity index (χ1n) is 10.1. The molecule has 1 aromatic rings. The van der Waals surface area contributed by atoms with Gasteiger partial charge in [-0.05, 0) is 49.3 Å². The highest BCUT2D eigenvalue weighted by atomic mass is 16.2. The Hall–Kier alpha value is -2.04. The van der Waals surface area contributed by atoms with E-state index < -0.39 is 0 Å². The van der Waals surface area contributed by atoms with Crippen molar-refractivity contribution in [2.45, 2.75) is 53.4 Å². The summed E-state index contributed by atoms with van der Waals surface area (Å²) in [5.74, 6) is 0.906. The van der Waals surface area contributed by atoms with Crippen molar-refractivity contribution in [3.63, 3.8) is 0 Å². The van der Waals surface area contributed by atoms with E-state index in [-0.39, 0.29) is 5.91 Å². The van der Waals surface area contributed by atoms with Gasteiger partial charge in [-0.1, -0.05) is 39.3 Å². The molecule has 1 aromatic carbocycles. The molecule has 0 aliphatic heterocycles. The van der Waals surface area contributed by atoms with Crippen molar-refractivity contribution in [3.8, 4) is 0 Å². The van der Waals surface area contributed by atoms with Crippen LogP contribution in [0.25, 0.3) is 0 Å². The van der Waals surface area contributed by atoms with E-state index in [1.807, 2.05) is 18.2 Å². The fourth-order valence-electron chi connectivity index (χ4n) is 2.74. The topological polar surface area (TPSA) is 56.7 Å². The second-order valence-corrected chi connectivity index (χ2v) is 8.36. The second-order valence-electron chi connectivity index (χ2n) is 8.36. The number of hydrogen-bond acceptors (Lipinski definition) is 2. The van der Waals surface area contributed by atoms with Crippen LogP contribution in [0.1, 0.15) is 62.9 Å². The quantitative estimate of drug-likeness (QED) is 0.394. The fourth-order valence-corrected chi connectivity index (χ4v) is 2.74. The summed E-state index contributed by atoms with van der Waals surface area (Å²) in [5.41, 5.74) is 2.28. The molecule has 0 spiro atoms. The average Bonchev–Trinajstić information content (AvgIpc) is 2.60. The lowest BCUT2D eigenvalue weighted by molar-refractivity contribution is 0.0827. The predicted molar refractivity (Wildman–Crippen MR) is 115 cm³/mol. The van der Waals surface area contributed by atoms with Crippen molar-refractivity contribution < 1.29 is 4.79 Å². The normalized spacial score (nSPS) is 12.0. The summed E-state index contributed by atoms with van der Waals surface area (Å²) < 4.78 is 0. The minimum absolute atomic E-state index is 0.0370. The van der Waals surface area contributed by atoms with Crippen molar-refractivity contribution in [2.24, 2.45) is 10.4 Å². The number of guanidine groups is 1. The summed E-state index contributed by atoms with van der Waals surface area (Å²) in [7, 11) is 3.55. The number of carbonyl (C=O) groups excluding carboxylic acids is 1. The fraction of sp³-hybridized carbons (Fsp3) is 0.636. The van der Waals surface area contributed by atoms with Gasteiger partial charge in [-0.15, -0.1) is 0 Å². The van der Waals surface area contributed by atoms with Gasteiger partial charge >= 0.3 is 0 Å². The number of benzene rings is 1. The molecule has 0 atom stereocenters. The van der Waals surface area contributed by atoms with Crippen LogP contribution in [0, 0.1) is 5.41 Å². The van der Waals surface area contributed by atoms with Gasteiger partial charge in [0.05, 0.1) is 0 Å². The summed E-state index contributed by atoms with van der Waals surface area (Å²) in [4.78, 5) is 18.3. The first kappa shape index (κ1) is 23.0. The molecule has 1 amide bonds. The molecule has 5 heteroatoms. The maximum atomic E-state index is 12.1. The molecule has 0 saturated carbocycles. The van der Waals surface area contributed by atoms with Crippen LogP contribution in [-0.2, 0) is 6.42 Å². The Bertz CT molecular complexity index is 603. The zero-order valence-electron chi connectivity index (χ0n) is 18.1. The zero-order chi connectivity index (χ0) is 20.3. The molecule has 2 N–H and O–H groups in total. The Morgan fingerprint density at radius 2 is 1.89 bits per heavy atom. The van der Waals surface area contributed by atoms with Gasteiger partial charge in [0.15, 0.2) is 5.96 Å². The summed E-state index contributed by atoms with van der Waals surface area (Å²) in [6, 6.07) is 7.84. The molecule has 0 radical (unpaired) electrons. The number of carbonyl (C=O) groups is 1. The summed E-state index contributed by atoms with van der Waals surface area (Å²) in [6.07, 6.45) is 4.40. The molecule has 0 bridgehead atoms. The lowest BCUT2D eigenvalue weighted by Crippen LogP contribution is -2.38. The summed E-state index contributed by atoms with van der Waals surface area (Å²) >= 11 is 0. The number of nitrogens with one attached hydrogen (secondary N) is 2. The predicted octanol–water partition coefficient (Wildman–Crippen LogP) is 3.70. The molecule has 27 heavy (non-hydrogen) atoms. The number of unbranched alkanes of at least 4 members (excludes halogenated alkanes) is 1. The van der Waals surface area contributed by atoms with Gasteiger partial charge in [0, 0.05) is 39.3 Å². The molecule has 0 heterocycles. The van der Waals surface area contributed by atoms with Crippen molar-refractivity contribution in [1.82, 2.24) is 15.5 Å². The van der Waals surface area contributed by atoms with Gasteiger partial charge in [0.25, 0.3) is 5.91 Å². The van der Waals surface area contributed by atoms with Crippen LogP contribution in [0.15, 0.2) is 29.3 Å². The van der Waals surface area contributed by atoms with E-state index in [4.69, 9.17) is 0 Å². The first-order valence-corrected chi connectivity index (χ1v) is 10.1. The van der Waals surface area contributed by atoms with Gasteiger partial charge in [-0.25, -0.2) is 0 Å². The number of rotatable bonds is 9. The molecule has 0 aliphatic carbocycles. The highest BCUT2D eigenvalue weighted by molar-refractivity contribution is 5.94. The average molecular weight is 375 g/mol. The summed E-state index contributed by atoms with van der Waals surface area (Å²) in [5, 5.41) is 6.69. The van der Waals surface area contributed by atoms with Gasteiger partial charge < -0.3 is 15.5 Å². The third kappa shape index (κ3) is 10.0. The zero-order valence-corrected chi connectivity index (χ0v) is 18.1. The van der Waals surface area contributed by atoms with E-state index in [0.29, 0.717) is 5.41 Å². The van der Waals surface area contributed by atoms with E-state index in [2.05, 4.69) is 49.4 Å². The number of aliphatic imine (C=N–C) groups is 1. The van der Waals surface area contributed by atoms with Crippen LogP contribution < -0.4 is 10.6 Å². The van der Waals surface area contributed by atoms with Crippen LogP contribution in [0.5, 0.6) is 0 Å². The molecular weight excluding hydrogens is 336 g/mol. The van der Waals surface area contributed by atoms with Crippen molar-refractivity contribution in [2.75, 3.05) is 33.7 Å². The molecule has 0 aromatic heterocycles. The molecule has 0 unspecified atom stereocenters. The second kappa shape index (κ2) is 11.6. The van der Waals surface area contributed by atoms with Crippen LogP contribution in [0.4, 0.5) is 0 Å². The van der Waals surface area contributed by atoms with Gasteiger partial charge in [0.2, 0.25) is 0 Å². The molecule has 0 fully saturated rings. The molecular formula is C22H38N4O. The molecule has 1 rings (SSSR count). The highest BCUT2D eigenvalue weighted by Crippen LogP contribution is 2.21. The molecule has 152 valence electrons. The monoisotopic (exact) mass is 374 g/mol. The van der Waals surface area contributed by atoms with Crippen LogP contribution in [0.3, 0.4) is 0 Å². The molecule has 0 saturated heterocycles. The van der Waals surface area contributed by atoms with E-state index >= 15 is 0 Å². The number of amides is 1. The Labute approximate surface area is 165 Å². The minimum atomic E-state index is 0.0370. The lowest BCUT2D eigenvalue weighted by Gasteiger charge is -2.17. The van der Waals surface area contributed by atoms with Gasteiger partial charge in [-0.2, -0.15) is 0 Å². The Morgan fingerprint density at radius 1 is 1.15 bits per heavy atom. The van der Waals surface area contributed by atoms with E-state index in [9.17, 15) is 4.79 Å². The number of nitrogens with zero attached hydrogens (tertiary/aromatic N) is 2. The van der Waals surface area contributed by atoms with E-state index in [0.717, 1.165) is 49.6 Å². The van der Waals surface area contributed by atoms with Crippen LogP contribution >= 0.6 is 0 Å². The highest BCUT2D eigenvalue weighted by Gasteiger charge is 2.09. The van der Waals surface area contributed by atoms with Gasteiger partial charge in [0.1, 0.15) is 0 Å². The van der Waals surface area contributed by atoms with E-state index in [1.165, 1.54) is 12.8 Å². The van der Waals surface area contributed by atoms with Crippen molar-refractivity contribution in [1.29, 1.82) is 0 Å². The smallest absolute Gasteiger partial charge is 0.253 e. The molecule has 0 aliphatic rings. The minimum Gasteiger partial charge on any atom is -0.357 e.